The molecule has 0 spiro atoms. The largest absolute Gasteiger partial charge is 0.345 e. The average Bonchev–Trinajstić information content (AvgIpc) is 2.63. The summed E-state index contributed by atoms with van der Waals surface area (Å²) in [7, 11) is 0. The maximum absolute atomic E-state index is 13.5. The molecule has 3 rings (SSSR count). The summed E-state index contributed by atoms with van der Waals surface area (Å²) in [5, 5.41) is 5.34. The van der Waals surface area contributed by atoms with E-state index in [0.29, 0.717) is 38.0 Å². The second-order valence-electron chi connectivity index (χ2n) is 6.19. The lowest BCUT2D eigenvalue weighted by Gasteiger charge is -2.42. The SMILES string of the molecule is O=C1NCC(=O)N2CCN(C(=O)NCCCc3ccccc3F)C[C@H]12. The van der Waals surface area contributed by atoms with Crippen molar-refractivity contribution in [1.29, 1.82) is 0 Å². The predicted octanol–water partition coefficient (Wildman–Crippen LogP) is 0.111. The zero-order valence-electron chi connectivity index (χ0n) is 13.8. The van der Waals surface area contributed by atoms with Gasteiger partial charge in [-0.25, -0.2) is 9.18 Å². The van der Waals surface area contributed by atoms with Crippen LogP contribution < -0.4 is 10.6 Å². The van der Waals surface area contributed by atoms with Crippen LogP contribution >= 0.6 is 0 Å². The van der Waals surface area contributed by atoms with E-state index in [4.69, 9.17) is 0 Å². The highest BCUT2D eigenvalue weighted by atomic mass is 19.1. The van der Waals surface area contributed by atoms with E-state index in [2.05, 4.69) is 10.6 Å². The lowest BCUT2D eigenvalue weighted by Crippen LogP contribution is -2.67. The van der Waals surface area contributed by atoms with Crippen LogP contribution in [0.3, 0.4) is 0 Å². The Bertz CT molecular complexity index is 682. The molecule has 25 heavy (non-hydrogen) atoms. The molecule has 1 aromatic carbocycles. The fourth-order valence-corrected chi connectivity index (χ4v) is 3.16. The van der Waals surface area contributed by atoms with Crippen LogP contribution in [-0.4, -0.2) is 66.4 Å². The summed E-state index contributed by atoms with van der Waals surface area (Å²) in [6, 6.07) is 5.71. The summed E-state index contributed by atoms with van der Waals surface area (Å²) in [6.07, 6.45) is 1.16. The number of hydrogen-bond donors (Lipinski definition) is 2. The predicted molar refractivity (Wildman–Crippen MR) is 88.2 cm³/mol. The van der Waals surface area contributed by atoms with Gasteiger partial charge in [-0.15, -0.1) is 0 Å². The van der Waals surface area contributed by atoms with Crippen molar-refractivity contribution in [3.63, 3.8) is 0 Å². The molecule has 0 aromatic heterocycles. The number of benzene rings is 1. The van der Waals surface area contributed by atoms with Gasteiger partial charge in [0.2, 0.25) is 11.8 Å². The van der Waals surface area contributed by atoms with Gasteiger partial charge in [-0.2, -0.15) is 0 Å². The first-order valence-electron chi connectivity index (χ1n) is 8.39. The number of nitrogens with one attached hydrogen (secondary N) is 2. The second kappa shape index (κ2) is 7.50. The summed E-state index contributed by atoms with van der Waals surface area (Å²) >= 11 is 0. The van der Waals surface area contributed by atoms with Crippen LogP contribution in [0.25, 0.3) is 0 Å². The standard InChI is InChI=1S/C17H21FN4O3/c18-13-6-2-1-4-12(13)5-3-7-19-17(25)21-8-9-22-14(11-21)16(24)20-10-15(22)23/h1-2,4,6,14H,3,5,7-11H2,(H,19,25)(H,20,24)/t14-/m1/s1. The number of rotatable bonds is 4. The minimum atomic E-state index is -0.612. The van der Waals surface area contributed by atoms with E-state index < -0.39 is 6.04 Å². The summed E-state index contributed by atoms with van der Waals surface area (Å²) in [5.41, 5.74) is 0.628. The van der Waals surface area contributed by atoms with Crippen LogP contribution in [0.2, 0.25) is 0 Å². The topological polar surface area (TPSA) is 81.8 Å². The normalized spacial score (nSPS) is 20.1. The van der Waals surface area contributed by atoms with Crippen molar-refractivity contribution in [3.8, 4) is 0 Å². The van der Waals surface area contributed by atoms with Gasteiger partial charge in [-0.1, -0.05) is 18.2 Å². The van der Waals surface area contributed by atoms with Crippen molar-refractivity contribution in [2.45, 2.75) is 18.9 Å². The number of urea groups is 1. The maximum Gasteiger partial charge on any atom is 0.317 e. The van der Waals surface area contributed by atoms with Crippen molar-refractivity contribution in [2.75, 3.05) is 32.7 Å². The van der Waals surface area contributed by atoms with E-state index >= 15 is 0 Å². The van der Waals surface area contributed by atoms with Gasteiger partial charge in [0.15, 0.2) is 0 Å². The number of carbonyl (C=O) groups excluding carboxylic acids is 3. The maximum atomic E-state index is 13.5. The van der Waals surface area contributed by atoms with Crippen LogP contribution in [0.4, 0.5) is 9.18 Å². The lowest BCUT2D eigenvalue weighted by atomic mass is 10.1. The minimum absolute atomic E-state index is 0.0254. The Labute approximate surface area is 145 Å². The highest BCUT2D eigenvalue weighted by molar-refractivity contribution is 5.95. The third kappa shape index (κ3) is 3.89. The zero-order valence-corrected chi connectivity index (χ0v) is 13.8. The van der Waals surface area contributed by atoms with Crippen LogP contribution in [0, 0.1) is 5.82 Å². The van der Waals surface area contributed by atoms with Crippen LogP contribution in [0.15, 0.2) is 24.3 Å². The van der Waals surface area contributed by atoms with E-state index in [1.807, 2.05) is 0 Å². The molecule has 2 saturated heterocycles. The highest BCUT2D eigenvalue weighted by Gasteiger charge is 2.39. The van der Waals surface area contributed by atoms with Crippen LogP contribution in [0.5, 0.6) is 0 Å². The monoisotopic (exact) mass is 348 g/mol. The summed E-state index contributed by atoms with van der Waals surface area (Å²) in [6.45, 7) is 1.39. The van der Waals surface area contributed by atoms with Crippen molar-refractivity contribution in [1.82, 2.24) is 20.4 Å². The Morgan fingerprint density at radius 3 is 2.88 bits per heavy atom. The fourth-order valence-electron chi connectivity index (χ4n) is 3.16. The molecule has 1 atom stereocenters. The lowest BCUT2D eigenvalue weighted by molar-refractivity contribution is -0.148. The molecule has 2 aliphatic rings. The Balaban J connectivity index is 1.45. The van der Waals surface area contributed by atoms with Gasteiger partial charge in [0, 0.05) is 19.6 Å². The molecule has 8 heteroatoms. The number of carbonyl (C=O) groups is 3. The van der Waals surface area contributed by atoms with Gasteiger partial charge in [0.1, 0.15) is 11.9 Å². The number of nitrogens with zero attached hydrogens (tertiary/aromatic N) is 2. The fraction of sp³-hybridized carbons (Fsp3) is 0.471. The highest BCUT2D eigenvalue weighted by Crippen LogP contribution is 2.13. The smallest absolute Gasteiger partial charge is 0.317 e. The number of hydrogen-bond acceptors (Lipinski definition) is 3. The number of halogens is 1. The third-order valence-electron chi connectivity index (χ3n) is 4.56. The molecule has 1 aromatic rings. The van der Waals surface area contributed by atoms with Crippen LogP contribution in [-0.2, 0) is 16.0 Å². The van der Waals surface area contributed by atoms with Crippen molar-refractivity contribution < 1.29 is 18.8 Å². The Hall–Kier alpha value is -2.64. The first-order chi connectivity index (χ1) is 12.1. The molecule has 2 N–H and O–H groups in total. The molecular formula is C17H21FN4O3. The zero-order chi connectivity index (χ0) is 17.8. The number of fused-ring (bicyclic) bond motifs is 1. The van der Waals surface area contributed by atoms with E-state index in [0.717, 1.165) is 0 Å². The number of piperazine rings is 2. The van der Waals surface area contributed by atoms with Gasteiger partial charge < -0.3 is 20.4 Å². The molecule has 0 aliphatic carbocycles. The second-order valence-corrected chi connectivity index (χ2v) is 6.19. The van der Waals surface area contributed by atoms with Gasteiger partial charge >= 0.3 is 6.03 Å². The molecule has 7 nitrogen and oxygen atoms in total. The van der Waals surface area contributed by atoms with E-state index in [-0.39, 0.29) is 36.8 Å². The number of aryl methyl sites for hydroxylation is 1. The molecular weight excluding hydrogens is 327 g/mol. The van der Waals surface area contributed by atoms with Crippen LogP contribution in [0.1, 0.15) is 12.0 Å². The van der Waals surface area contributed by atoms with Gasteiger partial charge in [0.25, 0.3) is 0 Å². The Morgan fingerprint density at radius 1 is 1.28 bits per heavy atom. The first-order valence-corrected chi connectivity index (χ1v) is 8.39. The summed E-state index contributed by atoms with van der Waals surface area (Å²) in [4.78, 5) is 39.0. The first kappa shape index (κ1) is 17.2. The van der Waals surface area contributed by atoms with Gasteiger partial charge in [-0.05, 0) is 24.5 Å². The van der Waals surface area contributed by atoms with E-state index in [9.17, 15) is 18.8 Å². The third-order valence-corrected chi connectivity index (χ3v) is 4.56. The molecule has 0 saturated carbocycles. The molecule has 4 amide bonds. The quantitative estimate of drug-likeness (QED) is 0.758. The average molecular weight is 348 g/mol. The molecule has 2 heterocycles. The molecule has 0 radical (unpaired) electrons. The Kier molecular flexibility index (Phi) is 5.16. The summed E-state index contributed by atoms with van der Waals surface area (Å²) in [5.74, 6) is -0.580. The van der Waals surface area contributed by atoms with Gasteiger partial charge in [0.05, 0.1) is 13.1 Å². The summed E-state index contributed by atoms with van der Waals surface area (Å²) < 4.78 is 13.5. The molecule has 134 valence electrons. The van der Waals surface area contributed by atoms with Gasteiger partial charge in [-0.3, -0.25) is 9.59 Å². The Morgan fingerprint density at radius 2 is 2.08 bits per heavy atom. The van der Waals surface area contributed by atoms with Crippen molar-refractivity contribution >= 4 is 17.8 Å². The van der Waals surface area contributed by atoms with Crippen molar-refractivity contribution in [3.05, 3.63) is 35.6 Å². The minimum Gasteiger partial charge on any atom is -0.345 e. The molecule has 0 unspecified atom stereocenters. The molecule has 2 aliphatic heterocycles. The number of amides is 4. The molecule has 2 fully saturated rings. The van der Waals surface area contributed by atoms with E-state index in [1.54, 1.807) is 23.1 Å². The van der Waals surface area contributed by atoms with E-state index in [1.165, 1.54) is 11.0 Å². The molecule has 0 bridgehead atoms. The van der Waals surface area contributed by atoms with Crippen molar-refractivity contribution in [2.24, 2.45) is 0 Å².